The third-order valence-electron chi connectivity index (χ3n) is 3.57. The average Bonchev–Trinajstić information content (AvgIpc) is 2.99. The molecule has 1 saturated heterocycles. The Hall–Kier alpha value is -0.860. The van der Waals surface area contributed by atoms with Crippen LogP contribution in [-0.2, 0) is 9.84 Å². The van der Waals surface area contributed by atoms with E-state index < -0.39 is 9.84 Å². The molecule has 0 radical (unpaired) electrons. The lowest BCUT2D eigenvalue weighted by Gasteiger charge is -2.21. The van der Waals surface area contributed by atoms with Crippen LogP contribution in [0.15, 0.2) is 4.90 Å². The molecule has 0 saturated carbocycles. The molecule has 1 aromatic rings. The molecule has 1 fully saturated rings. The van der Waals surface area contributed by atoms with Gasteiger partial charge in [0.25, 0.3) is 0 Å². The maximum atomic E-state index is 12.3. The zero-order valence-corrected chi connectivity index (χ0v) is 14.3. The monoisotopic (exact) mass is 332 g/mol. The van der Waals surface area contributed by atoms with Crippen LogP contribution in [0.4, 0.5) is 10.8 Å². The quantitative estimate of drug-likeness (QED) is 0.791. The number of likely N-dealkylation sites (tertiary alicyclic amines) is 1. The maximum absolute atomic E-state index is 12.3. The first kappa shape index (κ1) is 16.5. The number of anilines is 2. The number of rotatable bonds is 7. The van der Waals surface area contributed by atoms with E-state index in [1.165, 1.54) is 12.8 Å². The van der Waals surface area contributed by atoms with Crippen LogP contribution in [0, 0.1) is 0 Å². The Bertz CT molecular complexity index is 565. The number of aromatic nitrogens is 1. The standard InChI is InChI=1S/C13H24N4O2S2/c1-3-8-21(18,19)11-12(14)16-20-13(11)15-10(2)9-17-6-4-5-7-17/h10,15H,3-9H2,1-2H3,(H2,14,16). The second kappa shape index (κ2) is 6.93. The number of nitrogens with zero attached hydrogens (tertiary/aromatic N) is 2. The molecule has 0 bridgehead atoms. The van der Waals surface area contributed by atoms with Gasteiger partial charge in [0.2, 0.25) is 0 Å². The summed E-state index contributed by atoms with van der Waals surface area (Å²) in [6, 6.07) is 0.165. The number of nitrogen functional groups attached to an aromatic ring is 1. The average molecular weight is 332 g/mol. The SMILES string of the molecule is CCCS(=O)(=O)c1c(N)nsc1NC(C)CN1CCCC1. The second-order valence-corrected chi connectivity index (χ2v) is 8.42. The van der Waals surface area contributed by atoms with Crippen LogP contribution >= 0.6 is 11.5 Å². The highest BCUT2D eigenvalue weighted by Gasteiger charge is 2.26. The van der Waals surface area contributed by atoms with E-state index in [2.05, 4.69) is 21.5 Å². The number of nitrogens with one attached hydrogen (secondary N) is 1. The molecule has 2 heterocycles. The largest absolute Gasteiger partial charge is 0.382 e. The predicted octanol–water partition coefficient (Wildman–Crippen LogP) is 1.81. The summed E-state index contributed by atoms with van der Waals surface area (Å²) in [5.74, 6) is 0.217. The molecule has 120 valence electrons. The van der Waals surface area contributed by atoms with Crippen molar-refractivity contribution in [2.45, 2.75) is 44.0 Å². The van der Waals surface area contributed by atoms with Crippen molar-refractivity contribution in [2.24, 2.45) is 0 Å². The van der Waals surface area contributed by atoms with E-state index in [9.17, 15) is 8.42 Å². The molecule has 3 N–H and O–H groups in total. The molecule has 1 atom stereocenters. The molecular weight excluding hydrogens is 308 g/mol. The molecule has 6 nitrogen and oxygen atoms in total. The first-order valence-corrected chi connectivity index (χ1v) is 9.83. The van der Waals surface area contributed by atoms with Crippen molar-refractivity contribution in [2.75, 3.05) is 36.4 Å². The van der Waals surface area contributed by atoms with Gasteiger partial charge in [0.05, 0.1) is 5.75 Å². The third-order valence-corrected chi connectivity index (χ3v) is 6.47. The highest BCUT2D eigenvalue weighted by atomic mass is 32.2. The zero-order valence-electron chi connectivity index (χ0n) is 12.6. The summed E-state index contributed by atoms with van der Waals surface area (Å²) in [4.78, 5) is 2.57. The van der Waals surface area contributed by atoms with Gasteiger partial charge in [-0.3, -0.25) is 0 Å². The van der Waals surface area contributed by atoms with Gasteiger partial charge in [-0.05, 0) is 50.8 Å². The van der Waals surface area contributed by atoms with E-state index in [0.29, 0.717) is 11.4 Å². The smallest absolute Gasteiger partial charge is 0.185 e. The molecule has 0 amide bonds. The van der Waals surface area contributed by atoms with Crippen molar-refractivity contribution in [3.63, 3.8) is 0 Å². The summed E-state index contributed by atoms with van der Waals surface area (Å²) in [6.07, 6.45) is 3.06. The minimum Gasteiger partial charge on any atom is -0.382 e. The topological polar surface area (TPSA) is 88.3 Å². The molecule has 1 aromatic heterocycles. The first-order chi connectivity index (χ1) is 9.94. The van der Waals surface area contributed by atoms with Gasteiger partial charge in [0, 0.05) is 12.6 Å². The summed E-state index contributed by atoms with van der Waals surface area (Å²) in [5.41, 5.74) is 5.77. The van der Waals surface area contributed by atoms with Gasteiger partial charge >= 0.3 is 0 Å². The summed E-state index contributed by atoms with van der Waals surface area (Å²) in [7, 11) is -3.35. The Balaban J connectivity index is 2.09. The highest BCUT2D eigenvalue weighted by molar-refractivity contribution is 7.91. The van der Waals surface area contributed by atoms with Gasteiger partial charge in [-0.25, -0.2) is 8.42 Å². The highest BCUT2D eigenvalue weighted by Crippen LogP contribution is 2.33. The number of sulfone groups is 1. The van der Waals surface area contributed by atoms with Crippen LogP contribution in [0.5, 0.6) is 0 Å². The van der Waals surface area contributed by atoms with Gasteiger partial charge in [0.1, 0.15) is 9.90 Å². The lowest BCUT2D eigenvalue weighted by molar-refractivity contribution is 0.328. The van der Waals surface area contributed by atoms with Crippen LogP contribution < -0.4 is 11.1 Å². The minimum atomic E-state index is -3.35. The zero-order chi connectivity index (χ0) is 15.5. The molecule has 0 aromatic carbocycles. The summed E-state index contributed by atoms with van der Waals surface area (Å²) < 4.78 is 28.6. The fourth-order valence-corrected chi connectivity index (χ4v) is 5.40. The molecular formula is C13H24N4O2S2. The molecule has 21 heavy (non-hydrogen) atoms. The third kappa shape index (κ3) is 4.08. The summed E-state index contributed by atoms with van der Waals surface area (Å²) in [6.45, 7) is 7.06. The number of nitrogens with two attached hydrogens (primary N) is 1. The first-order valence-electron chi connectivity index (χ1n) is 7.41. The number of hydrogen-bond acceptors (Lipinski definition) is 7. The fourth-order valence-electron chi connectivity index (χ4n) is 2.68. The molecule has 2 rings (SSSR count). The minimum absolute atomic E-state index is 0.102. The number of hydrogen-bond donors (Lipinski definition) is 2. The molecule has 1 unspecified atom stereocenters. The van der Waals surface area contributed by atoms with E-state index in [4.69, 9.17) is 5.73 Å². The maximum Gasteiger partial charge on any atom is 0.185 e. The Morgan fingerprint density at radius 2 is 2.10 bits per heavy atom. The molecule has 8 heteroatoms. The van der Waals surface area contributed by atoms with Crippen LogP contribution in [0.2, 0.25) is 0 Å². The van der Waals surface area contributed by atoms with Crippen molar-refractivity contribution in [1.29, 1.82) is 0 Å². The molecule has 0 spiro atoms. The van der Waals surface area contributed by atoms with E-state index in [1.807, 2.05) is 6.92 Å². The lowest BCUT2D eigenvalue weighted by Crippen LogP contribution is -2.33. The Morgan fingerprint density at radius 1 is 1.43 bits per heavy atom. The van der Waals surface area contributed by atoms with Gasteiger partial charge < -0.3 is 16.0 Å². The Kier molecular flexibility index (Phi) is 5.45. The van der Waals surface area contributed by atoms with Crippen LogP contribution in [0.1, 0.15) is 33.1 Å². The fraction of sp³-hybridized carbons (Fsp3) is 0.769. The van der Waals surface area contributed by atoms with Crippen molar-refractivity contribution in [1.82, 2.24) is 9.27 Å². The van der Waals surface area contributed by atoms with Crippen molar-refractivity contribution in [3.05, 3.63) is 0 Å². The molecule has 1 aliphatic heterocycles. The summed E-state index contributed by atoms with van der Waals surface area (Å²) in [5, 5.41) is 3.85. The van der Waals surface area contributed by atoms with E-state index in [1.54, 1.807) is 0 Å². The molecule has 0 aliphatic carbocycles. The Morgan fingerprint density at radius 3 is 2.71 bits per heavy atom. The van der Waals surface area contributed by atoms with Gasteiger partial charge in [-0.15, -0.1) is 0 Å². The normalized spacial score (nSPS) is 18.0. The van der Waals surface area contributed by atoms with E-state index >= 15 is 0 Å². The van der Waals surface area contributed by atoms with Gasteiger partial charge in [-0.2, -0.15) is 4.37 Å². The van der Waals surface area contributed by atoms with Crippen LogP contribution in [-0.4, -0.2) is 49.1 Å². The van der Waals surface area contributed by atoms with E-state index in [0.717, 1.165) is 31.2 Å². The van der Waals surface area contributed by atoms with E-state index in [-0.39, 0.29) is 22.5 Å². The molecule has 1 aliphatic rings. The van der Waals surface area contributed by atoms with Crippen molar-refractivity contribution in [3.8, 4) is 0 Å². The van der Waals surface area contributed by atoms with Crippen molar-refractivity contribution >= 4 is 32.2 Å². The lowest BCUT2D eigenvalue weighted by atomic mass is 10.3. The Labute approximate surface area is 130 Å². The van der Waals surface area contributed by atoms with Crippen molar-refractivity contribution < 1.29 is 8.42 Å². The van der Waals surface area contributed by atoms with Crippen LogP contribution in [0.25, 0.3) is 0 Å². The summed E-state index contributed by atoms with van der Waals surface area (Å²) >= 11 is 1.13. The van der Waals surface area contributed by atoms with Gasteiger partial charge in [-0.1, -0.05) is 6.92 Å². The van der Waals surface area contributed by atoms with Gasteiger partial charge in [0.15, 0.2) is 15.7 Å². The second-order valence-electron chi connectivity index (χ2n) is 5.60. The van der Waals surface area contributed by atoms with Crippen LogP contribution in [0.3, 0.4) is 0 Å². The predicted molar refractivity (Wildman–Crippen MR) is 87.6 cm³/mol.